The van der Waals surface area contributed by atoms with Gasteiger partial charge in [0.15, 0.2) is 0 Å². The van der Waals surface area contributed by atoms with Gasteiger partial charge in [0.25, 0.3) is 0 Å². The molecule has 108 valence electrons. The zero-order chi connectivity index (χ0) is 14.5. The molecule has 1 aromatic rings. The molecule has 1 rings (SSSR count). The Kier molecular flexibility index (Phi) is 5.44. The van der Waals surface area contributed by atoms with E-state index in [4.69, 9.17) is 10.5 Å². The SMILES string of the molecule is CCOc1cc(NCC(C)(O)CN(C)C)ccc1N. The summed E-state index contributed by atoms with van der Waals surface area (Å²) in [6.45, 7) is 5.35. The fraction of sp³-hybridized carbons (Fsp3) is 0.571. The van der Waals surface area contributed by atoms with Crippen LogP contribution in [0.3, 0.4) is 0 Å². The molecule has 0 aliphatic heterocycles. The van der Waals surface area contributed by atoms with E-state index in [9.17, 15) is 5.11 Å². The third kappa shape index (κ3) is 5.36. The van der Waals surface area contributed by atoms with Crippen molar-refractivity contribution in [2.75, 3.05) is 44.8 Å². The molecule has 0 bridgehead atoms. The van der Waals surface area contributed by atoms with Crippen LogP contribution in [-0.4, -0.2) is 49.4 Å². The predicted octanol–water partition coefficient (Wildman–Crippen LogP) is 1.39. The number of nitrogen functional groups attached to an aromatic ring is 1. The van der Waals surface area contributed by atoms with E-state index in [-0.39, 0.29) is 0 Å². The van der Waals surface area contributed by atoms with Crippen molar-refractivity contribution >= 4 is 11.4 Å². The van der Waals surface area contributed by atoms with E-state index >= 15 is 0 Å². The Morgan fingerprint density at radius 3 is 2.68 bits per heavy atom. The lowest BCUT2D eigenvalue weighted by Gasteiger charge is -2.27. The Balaban J connectivity index is 2.65. The second-order valence-corrected chi connectivity index (χ2v) is 5.27. The summed E-state index contributed by atoms with van der Waals surface area (Å²) in [6, 6.07) is 5.53. The highest BCUT2D eigenvalue weighted by Gasteiger charge is 2.20. The first-order chi connectivity index (χ1) is 8.84. The van der Waals surface area contributed by atoms with E-state index in [0.717, 1.165) is 5.69 Å². The fourth-order valence-corrected chi connectivity index (χ4v) is 1.95. The van der Waals surface area contributed by atoms with Crippen molar-refractivity contribution in [1.29, 1.82) is 0 Å². The van der Waals surface area contributed by atoms with Crippen LogP contribution in [0.1, 0.15) is 13.8 Å². The molecule has 0 radical (unpaired) electrons. The molecule has 0 spiro atoms. The second-order valence-electron chi connectivity index (χ2n) is 5.27. The van der Waals surface area contributed by atoms with Gasteiger partial charge in [-0.05, 0) is 40.1 Å². The van der Waals surface area contributed by atoms with Crippen molar-refractivity contribution in [2.24, 2.45) is 0 Å². The van der Waals surface area contributed by atoms with Gasteiger partial charge in [-0.25, -0.2) is 0 Å². The Morgan fingerprint density at radius 1 is 1.42 bits per heavy atom. The predicted molar refractivity (Wildman–Crippen MR) is 79.7 cm³/mol. The maximum atomic E-state index is 10.2. The smallest absolute Gasteiger partial charge is 0.144 e. The number of nitrogens with two attached hydrogens (primary N) is 1. The highest BCUT2D eigenvalue weighted by atomic mass is 16.5. The lowest BCUT2D eigenvalue weighted by Crippen LogP contribution is -2.43. The number of nitrogens with one attached hydrogen (secondary N) is 1. The molecule has 0 fully saturated rings. The number of hydrogen-bond acceptors (Lipinski definition) is 5. The number of anilines is 2. The second kappa shape index (κ2) is 6.63. The first-order valence-electron chi connectivity index (χ1n) is 6.47. The molecule has 0 aliphatic rings. The summed E-state index contributed by atoms with van der Waals surface area (Å²) in [5, 5.41) is 13.4. The molecule has 0 heterocycles. The molecule has 1 aromatic carbocycles. The highest BCUT2D eigenvalue weighted by molar-refractivity contribution is 5.61. The Bertz CT molecular complexity index is 406. The molecular weight excluding hydrogens is 242 g/mol. The first-order valence-corrected chi connectivity index (χ1v) is 6.47. The van der Waals surface area contributed by atoms with Crippen LogP contribution >= 0.6 is 0 Å². The van der Waals surface area contributed by atoms with Crippen molar-refractivity contribution in [3.63, 3.8) is 0 Å². The molecule has 0 saturated carbocycles. The van der Waals surface area contributed by atoms with Crippen LogP contribution in [0.5, 0.6) is 5.75 Å². The Hall–Kier alpha value is -1.46. The number of rotatable bonds is 7. The topological polar surface area (TPSA) is 70.8 Å². The van der Waals surface area contributed by atoms with Gasteiger partial charge < -0.3 is 25.8 Å². The first kappa shape index (κ1) is 15.6. The summed E-state index contributed by atoms with van der Waals surface area (Å²) >= 11 is 0. The normalized spacial score (nSPS) is 14.2. The van der Waals surface area contributed by atoms with Gasteiger partial charge in [0.1, 0.15) is 5.75 Å². The molecule has 19 heavy (non-hydrogen) atoms. The number of hydrogen-bond donors (Lipinski definition) is 3. The van der Waals surface area contributed by atoms with Crippen molar-refractivity contribution in [3.8, 4) is 5.75 Å². The van der Waals surface area contributed by atoms with Crippen LogP contribution in [0.25, 0.3) is 0 Å². The van der Waals surface area contributed by atoms with Crippen LogP contribution < -0.4 is 15.8 Å². The molecule has 0 aromatic heterocycles. The van der Waals surface area contributed by atoms with E-state index in [1.165, 1.54) is 0 Å². The van der Waals surface area contributed by atoms with Crippen molar-refractivity contribution in [2.45, 2.75) is 19.4 Å². The number of likely N-dealkylation sites (N-methyl/N-ethyl adjacent to an activating group) is 1. The monoisotopic (exact) mass is 267 g/mol. The molecule has 0 aliphatic carbocycles. The summed E-state index contributed by atoms with van der Waals surface area (Å²) in [6.07, 6.45) is 0. The largest absolute Gasteiger partial charge is 0.492 e. The average Bonchev–Trinajstić information content (AvgIpc) is 2.29. The average molecular weight is 267 g/mol. The van der Waals surface area contributed by atoms with Crippen molar-refractivity contribution in [3.05, 3.63) is 18.2 Å². The minimum Gasteiger partial charge on any atom is -0.492 e. The summed E-state index contributed by atoms with van der Waals surface area (Å²) < 4.78 is 5.44. The molecule has 4 N–H and O–H groups in total. The number of aliphatic hydroxyl groups is 1. The summed E-state index contributed by atoms with van der Waals surface area (Å²) in [5.41, 5.74) is 6.52. The molecule has 1 unspecified atom stereocenters. The summed E-state index contributed by atoms with van der Waals surface area (Å²) in [4.78, 5) is 1.95. The van der Waals surface area contributed by atoms with Gasteiger partial charge in [0.05, 0.1) is 17.9 Å². The zero-order valence-corrected chi connectivity index (χ0v) is 12.2. The van der Waals surface area contributed by atoms with Crippen molar-refractivity contribution in [1.82, 2.24) is 4.90 Å². The van der Waals surface area contributed by atoms with Gasteiger partial charge in [-0.1, -0.05) is 0 Å². The third-order valence-electron chi connectivity index (χ3n) is 2.64. The lowest BCUT2D eigenvalue weighted by atomic mass is 10.1. The standard InChI is InChI=1S/C14H25N3O2/c1-5-19-13-8-11(6-7-12(13)15)16-9-14(2,18)10-17(3)4/h6-8,16,18H,5,9-10,15H2,1-4H3. The van der Waals surface area contributed by atoms with E-state index < -0.39 is 5.60 Å². The molecule has 5 nitrogen and oxygen atoms in total. The zero-order valence-electron chi connectivity index (χ0n) is 12.2. The van der Waals surface area contributed by atoms with Crippen LogP contribution in [0.2, 0.25) is 0 Å². The van der Waals surface area contributed by atoms with Crippen LogP contribution in [0, 0.1) is 0 Å². The van der Waals surface area contributed by atoms with Crippen molar-refractivity contribution < 1.29 is 9.84 Å². The Labute approximate surface area is 115 Å². The van der Waals surface area contributed by atoms with Gasteiger partial charge in [0, 0.05) is 24.8 Å². The molecule has 5 heteroatoms. The van der Waals surface area contributed by atoms with E-state index in [1.807, 2.05) is 38.1 Å². The van der Waals surface area contributed by atoms with E-state index in [0.29, 0.717) is 31.1 Å². The van der Waals surface area contributed by atoms with Gasteiger partial charge in [-0.15, -0.1) is 0 Å². The number of nitrogens with zero attached hydrogens (tertiary/aromatic N) is 1. The van der Waals surface area contributed by atoms with Gasteiger partial charge >= 0.3 is 0 Å². The van der Waals surface area contributed by atoms with Gasteiger partial charge in [-0.3, -0.25) is 0 Å². The maximum Gasteiger partial charge on any atom is 0.144 e. The van der Waals surface area contributed by atoms with Crippen LogP contribution in [0.15, 0.2) is 18.2 Å². The minimum absolute atomic E-state index is 0.459. The molecule has 0 saturated heterocycles. The minimum atomic E-state index is -0.795. The maximum absolute atomic E-state index is 10.2. The molecule has 0 amide bonds. The van der Waals surface area contributed by atoms with Gasteiger partial charge in [0.2, 0.25) is 0 Å². The lowest BCUT2D eigenvalue weighted by molar-refractivity contribution is 0.0460. The number of benzene rings is 1. The van der Waals surface area contributed by atoms with Crippen LogP contribution in [-0.2, 0) is 0 Å². The fourth-order valence-electron chi connectivity index (χ4n) is 1.95. The highest BCUT2D eigenvalue weighted by Crippen LogP contribution is 2.25. The number of ether oxygens (including phenoxy) is 1. The summed E-state index contributed by atoms with van der Waals surface area (Å²) in [7, 11) is 3.87. The third-order valence-corrected chi connectivity index (χ3v) is 2.64. The quantitative estimate of drug-likeness (QED) is 0.651. The van der Waals surface area contributed by atoms with Gasteiger partial charge in [-0.2, -0.15) is 0 Å². The van der Waals surface area contributed by atoms with E-state index in [2.05, 4.69) is 5.32 Å². The summed E-state index contributed by atoms with van der Waals surface area (Å²) in [5.74, 6) is 0.666. The Morgan fingerprint density at radius 2 is 2.11 bits per heavy atom. The van der Waals surface area contributed by atoms with E-state index in [1.54, 1.807) is 13.0 Å². The van der Waals surface area contributed by atoms with Crippen LogP contribution in [0.4, 0.5) is 11.4 Å². The molecule has 1 atom stereocenters. The molecular formula is C14H25N3O2.